The largest absolute Gasteiger partial charge is 0.378 e. The van der Waals surface area contributed by atoms with E-state index < -0.39 is 5.54 Å². The first-order chi connectivity index (χ1) is 16.9. The van der Waals surface area contributed by atoms with Crippen LogP contribution in [0.4, 0.5) is 11.5 Å². The summed E-state index contributed by atoms with van der Waals surface area (Å²) in [6.07, 6.45) is 0. The van der Waals surface area contributed by atoms with E-state index in [0.29, 0.717) is 39.7 Å². The molecule has 8 nitrogen and oxygen atoms in total. The first-order valence-electron chi connectivity index (χ1n) is 11.5. The van der Waals surface area contributed by atoms with E-state index in [0.717, 1.165) is 24.3 Å². The fraction of sp³-hybridized carbons (Fsp3) is 0.269. The summed E-state index contributed by atoms with van der Waals surface area (Å²) in [5.74, 6) is 0.0456. The highest BCUT2D eigenvalue weighted by Gasteiger charge is 2.25. The number of benzene rings is 2. The predicted molar refractivity (Wildman–Crippen MR) is 138 cm³/mol. The smallest absolute Gasteiger partial charge is 0.262 e. The molecular weight excluding hydrogens is 462 g/mol. The van der Waals surface area contributed by atoms with Gasteiger partial charge in [0.15, 0.2) is 0 Å². The zero-order valence-corrected chi connectivity index (χ0v) is 20.4. The SMILES string of the molecule is CC(C)(NC(=O)c1cc2c(NC(=O)c3ccc(N4CCOCC4)cc3)[nH]nc2s1)c1ccccc1. The summed E-state index contributed by atoms with van der Waals surface area (Å²) >= 11 is 1.28. The highest BCUT2D eigenvalue weighted by molar-refractivity contribution is 7.20. The Morgan fingerprint density at radius 1 is 1.03 bits per heavy atom. The maximum Gasteiger partial charge on any atom is 0.262 e. The Morgan fingerprint density at radius 2 is 1.74 bits per heavy atom. The molecule has 2 amide bonds. The quantitative estimate of drug-likeness (QED) is 0.373. The number of rotatable bonds is 6. The Labute approximate surface area is 207 Å². The topological polar surface area (TPSA) is 99.4 Å². The van der Waals surface area contributed by atoms with Gasteiger partial charge in [0, 0.05) is 24.3 Å². The minimum Gasteiger partial charge on any atom is -0.378 e. The number of thiophene rings is 1. The summed E-state index contributed by atoms with van der Waals surface area (Å²) in [6, 6.07) is 19.1. The number of nitrogens with one attached hydrogen (secondary N) is 3. The molecule has 2 aromatic carbocycles. The van der Waals surface area contributed by atoms with Crippen molar-refractivity contribution in [1.82, 2.24) is 15.5 Å². The van der Waals surface area contributed by atoms with Crippen LogP contribution in [0.3, 0.4) is 0 Å². The van der Waals surface area contributed by atoms with E-state index in [1.165, 1.54) is 11.3 Å². The van der Waals surface area contributed by atoms with E-state index in [2.05, 4.69) is 25.7 Å². The summed E-state index contributed by atoms with van der Waals surface area (Å²) in [5, 5.41) is 13.8. The van der Waals surface area contributed by atoms with Gasteiger partial charge in [0.2, 0.25) is 0 Å². The van der Waals surface area contributed by atoms with E-state index in [-0.39, 0.29) is 11.8 Å². The lowest BCUT2D eigenvalue weighted by atomic mass is 9.94. The number of hydrogen-bond donors (Lipinski definition) is 3. The second kappa shape index (κ2) is 9.52. The van der Waals surface area contributed by atoms with E-state index in [1.807, 2.05) is 68.4 Å². The molecule has 5 rings (SSSR count). The van der Waals surface area contributed by atoms with Crippen LogP contribution in [0.5, 0.6) is 0 Å². The van der Waals surface area contributed by atoms with E-state index in [1.54, 1.807) is 6.07 Å². The number of carbonyl (C=O) groups excluding carboxylic acids is 2. The lowest BCUT2D eigenvalue weighted by molar-refractivity contribution is 0.0915. The van der Waals surface area contributed by atoms with Gasteiger partial charge in [-0.2, -0.15) is 5.10 Å². The van der Waals surface area contributed by atoms with Crippen molar-refractivity contribution < 1.29 is 14.3 Å². The van der Waals surface area contributed by atoms with Crippen molar-refractivity contribution in [2.75, 3.05) is 36.5 Å². The van der Waals surface area contributed by atoms with Crippen molar-refractivity contribution in [2.45, 2.75) is 19.4 Å². The first-order valence-corrected chi connectivity index (χ1v) is 12.3. The molecule has 1 fully saturated rings. The molecule has 0 aliphatic carbocycles. The number of aromatic nitrogens is 2. The second-order valence-corrected chi connectivity index (χ2v) is 10.0. The molecule has 0 unspecified atom stereocenters. The van der Waals surface area contributed by atoms with Crippen LogP contribution in [0.1, 0.15) is 39.4 Å². The van der Waals surface area contributed by atoms with Gasteiger partial charge in [-0.1, -0.05) is 30.3 Å². The number of fused-ring (bicyclic) bond motifs is 1. The summed E-state index contributed by atoms with van der Waals surface area (Å²) in [4.78, 5) is 29.3. The zero-order chi connectivity index (χ0) is 24.4. The fourth-order valence-electron chi connectivity index (χ4n) is 4.12. The molecule has 180 valence electrons. The van der Waals surface area contributed by atoms with Gasteiger partial charge in [-0.3, -0.25) is 14.7 Å². The Morgan fingerprint density at radius 3 is 2.46 bits per heavy atom. The van der Waals surface area contributed by atoms with Crippen molar-refractivity contribution in [1.29, 1.82) is 0 Å². The van der Waals surface area contributed by atoms with Gasteiger partial charge in [-0.05, 0) is 49.7 Å². The molecule has 35 heavy (non-hydrogen) atoms. The Bertz CT molecular complexity index is 1340. The molecule has 2 aromatic heterocycles. The van der Waals surface area contributed by atoms with Crippen LogP contribution >= 0.6 is 11.3 Å². The average molecular weight is 490 g/mol. The van der Waals surface area contributed by atoms with Crippen molar-refractivity contribution in [3.63, 3.8) is 0 Å². The van der Waals surface area contributed by atoms with Crippen LogP contribution in [0, 0.1) is 0 Å². The number of ether oxygens (including phenoxy) is 1. The van der Waals surface area contributed by atoms with Crippen LogP contribution in [-0.2, 0) is 10.3 Å². The number of nitrogens with zero attached hydrogens (tertiary/aromatic N) is 2. The van der Waals surface area contributed by atoms with Crippen molar-refractivity contribution in [3.05, 3.63) is 76.7 Å². The molecule has 0 saturated carbocycles. The molecule has 3 heterocycles. The number of H-pyrrole nitrogens is 1. The highest BCUT2D eigenvalue weighted by Crippen LogP contribution is 2.30. The van der Waals surface area contributed by atoms with Crippen LogP contribution in [-0.4, -0.2) is 48.3 Å². The monoisotopic (exact) mass is 489 g/mol. The van der Waals surface area contributed by atoms with Gasteiger partial charge >= 0.3 is 0 Å². The van der Waals surface area contributed by atoms with Gasteiger partial charge < -0.3 is 20.3 Å². The first kappa shape index (κ1) is 23.1. The van der Waals surface area contributed by atoms with Crippen LogP contribution in [0.15, 0.2) is 60.7 Å². The predicted octanol–water partition coefficient (Wildman–Crippen LogP) is 4.38. The Hall–Kier alpha value is -3.69. The van der Waals surface area contributed by atoms with Gasteiger partial charge in [-0.25, -0.2) is 0 Å². The van der Waals surface area contributed by atoms with Crippen LogP contribution in [0.25, 0.3) is 10.2 Å². The molecular formula is C26H27N5O3S. The minimum atomic E-state index is -0.531. The molecule has 4 aromatic rings. The highest BCUT2D eigenvalue weighted by atomic mass is 32.1. The van der Waals surface area contributed by atoms with Crippen molar-refractivity contribution in [3.8, 4) is 0 Å². The van der Waals surface area contributed by atoms with E-state index >= 15 is 0 Å². The van der Waals surface area contributed by atoms with E-state index in [9.17, 15) is 9.59 Å². The molecule has 0 bridgehead atoms. The van der Waals surface area contributed by atoms with Crippen molar-refractivity contribution in [2.24, 2.45) is 0 Å². The lowest BCUT2D eigenvalue weighted by Gasteiger charge is -2.28. The van der Waals surface area contributed by atoms with Gasteiger partial charge in [-0.15, -0.1) is 11.3 Å². The number of morpholine rings is 1. The molecule has 9 heteroatoms. The zero-order valence-electron chi connectivity index (χ0n) is 19.6. The normalized spacial score (nSPS) is 14.2. The third-order valence-electron chi connectivity index (χ3n) is 6.14. The number of amides is 2. The number of anilines is 2. The lowest BCUT2D eigenvalue weighted by Crippen LogP contribution is -2.40. The van der Waals surface area contributed by atoms with Crippen molar-refractivity contribution >= 4 is 44.9 Å². The molecule has 3 N–H and O–H groups in total. The summed E-state index contributed by atoms with van der Waals surface area (Å²) in [7, 11) is 0. The molecule has 1 aliphatic heterocycles. The molecule has 0 radical (unpaired) electrons. The number of carbonyl (C=O) groups is 2. The van der Waals surface area contributed by atoms with Crippen LogP contribution < -0.4 is 15.5 Å². The molecule has 0 spiro atoms. The number of hydrogen-bond acceptors (Lipinski definition) is 6. The minimum absolute atomic E-state index is 0.183. The fourth-order valence-corrected chi connectivity index (χ4v) is 5.01. The molecule has 1 saturated heterocycles. The summed E-state index contributed by atoms with van der Waals surface area (Å²) in [6.45, 7) is 7.04. The van der Waals surface area contributed by atoms with E-state index in [4.69, 9.17) is 4.74 Å². The number of aromatic amines is 1. The van der Waals surface area contributed by atoms with Crippen LogP contribution in [0.2, 0.25) is 0 Å². The maximum atomic E-state index is 13.0. The summed E-state index contributed by atoms with van der Waals surface area (Å²) in [5.41, 5.74) is 2.10. The molecule has 0 atom stereocenters. The third-order valence-corrected chi connectivity index (χ3v) is 7.17. The Balaban J connectivity index is 1.28. The van der Waals surface area contributed by atoms with Gasteiger partial charge in [0.1, 0.15) is 10.6 Å². The average Bonchev–Trinajstić information content (AvgIpc) is 3.47. The summed E-state index contributed by atoms with van der Waals surface area (Å²) < 4.78 is 5.40. The maximum absolute atomic E-state index is 13.0. The standard InChI is InChI=1S/C26H27N5O3S/c1-26(2,18-6-4-3-5-7-18)28-24(33)21-16-20-22(29-30-25(20)35-21)27-23(32)17-8-10-19(11-9-17)31-12-14-34-15-13-31/h3-11,16H,12-15H2,1-2H3,(H,28,33)(H2,27,29,30,32). The third kappa shape index (κ3) is 4.91. The Kier molecular flexibility index (Phi) is 6.27. The second-order valence-electron chi connectivity index (χ2n) is 8.97. The van der Waals surface area contributed by atoms with Gasteiger partial charge in [0.25, 0.3) is 11.8 Å². The van der Waals surface area contributed by atoms with Gasteiger partial charge in [0.05, 0.1) is 29.0 Å². The molecule has 1 aliphatic rings.